The third-order valence-electron chi connectivity index (χ3n) is 3.50. The van der Waals surface area contributed by atoms with Crippen LogP contribution in [-0.2, 0) is 0 Å². The average molecular weight is 287 g/mol. The summed E-state index contributed by atoms with van der Waals surface area (Å²) in [6, 6.07) is 4.21. The highest BCUT2D eigenvalue weighted by Crippen LogP contribution is 2.28. The van der Waals surface area contributed by atoms with Crippen LogP contribution in [-0.4, -0.2) is 37.4 Å². The molecule has 8 heteroatoms. The molecule has 2 unspecified atom stereocenters. The van der Waals surface area contributed by atoms with Gasteiger partial charge in [-0.3, -0.25) is 15.8 Å². The van der Waals surface area contributed by atoms with E-state index in [4.69, 9.17) is 0 Å². The fourth-order valence-corrected chi connectivity index (χ4v) is 3.41. The molecule has 0 radical (unpaired) electrons. The molecule has 2 N–H and O–H groups in total. The molecule has 3 aromatic rings. The van der Waals surface area contributed by atoms with Crippen molar-refractivity contribution in [1.82, 2.24) is 35.6 Å². The van der Waals surface area contributed by atoms with E-state index in [0.29, 0.717) is 12.0 Å². The maximum Gasteiger partial charge on any atom is 0.234 e. The van der Waals surface area contributed by atoms with Gasteiger partial charge in [0, 0.05) is 36.5 Å². The third kappa shape index (κ3) is 1.80. The van der Waals surface area contributed by atoms with Crippen LogP contribution in [0.1, 0.15) is 17.8 Å². The highest BCUT2D eigenvalue weighted by atomic mass is 32.1. The number of hydrogen-bond acceptors (Lipinski definition) is 7. The molecule has 0 aliphatic carbocycles. The highest BCUT2D eigenvalue weighted by molar-refractivity contribution is 7.16. The molecule has 0 saturated carbocycles. The number of hydrazine groups is 1. The van der Waals surface area contributed by atoms with Gasteiger partial charge in [-0.25, -0.2) is 0 Å². The van der Waals surface area contributed by atoms with Gasteiger partial charge >= 0.3 is 0 Å². The lowest BCUT2D eigenvalue weighted by Crippen LogP contribution is -2.28. The molecular weight excluding hydrogens is 274 g/mol. The van der Waals surface area contributed by atoms with Crippen LogP contribution in [0.25, 0.3) is 16.3 Å². The van der Waals surface area contributed by atoms with Crippen LogP contribution >= 0.6 is 11.3 Å². The van der Waals surface area contributed by atoms with Gasteiger partial charge in [0.1, 0.15) is 5.01 Å². The van der Waals surface area contributed by atoms with Crippen molar-refractivity contribution in [1.29, 1.82) is 0 Å². The van der Waals surface area contributed by atoms with Crippen LogP contribution in [0.5, 0.6) is 0 Å². The SMILES string of the molecule is CC1NNCC1c1nn2c(-c3cccnc3)nnc2s1. The second kappa shape index (κ2) is 4.58. The normalized spacial score (nSPS) is 22.6. The number of aromatic nitrogens is 5. The molecule has 4 rings (SSSR count). The maximum atomic E-state index is 4.68. The van der Waals surface area contributed by atoms with Crippen molar-refractivity contribution in [3.63, 3.8) is 0 Å². The molecule has 1 fully saturated rings. The average Bonchev–Trinajstić information content (AvgIpc) is 3.13. The summed E-state index contributed by atoms with van der Waals surface area (Å²) < 4.78 is 1.81. The Labute approximate surface area is 119 Å². The molecule has 0 aromatic carbocycles. The second-order valence-corrected chi connectivity index (χ2v) is 5.81. The van der Waals surface area contributed by atoms with Crippen molar-refractivity contribution in [2.24, 2.45) is 0 Å². The lowest BCUT2D eigenvalue weighted by Gasteiger charge is -2.08. The van der Waals surface area contributed by atoms with E-state index >= 15 is 0 Å². The van der Waals surface area contributed by atoms with Gasteiger partial charge in [0.25, 0.3) is 0 Å². The van der Waals surface area contributed by atoms with Crippen molar-refractivity contribution in [3.05, 3.63) is 29.5 Å². The van der Waals surface area contributed by atoms with Crippen molar-refractivity contribution in [2.45, 2.75) is 18.9 Å². The van der Waals surface area contributed by atoms with Crippen LogP contribution in [0.15, 0.2) is 24.5 Å². The van der Waals surface area contributed by atoms with Crippen LogP contribution < -0.4 is 10.9 Å². The smallest absolute Gasteiger partial charge is 0.234 e. The Morgan fingerprint density at radius 3 is 3.10 bits per heavy atom. The van der Waals surface area contributed by atoms with E-state index in [1.165, 1.54) is 0 Å². The summed E-state index contributed by atoms with van der Waals surface area (Å²) in [5.74, 6) is 1.10. The topological polar surface area (TPSA) is 80.0 Å². The number of nitrogens with zero attached hydrogens (tertiary/aromatic N) is 5. The minimum atomic E-state index is 0.362. The van der Waals surface area contributed by atoms with Crippen molar-refractivity contribution >= 4 is 16.3 Å². The zero-order chi connectivity index (χ0) is 13.5. The predicted octanol–water partition coefficient (Wildman–Crippen LogP) is 0.828. The van der Waals surface area contributed by atoms with E-state index in [1.807, 2.05) is 16.6 Å². The molecule has 4 heterocycles. The number of rotatable bonds is 2. The molecule has 0 spiro atoms. The minimum Gasteiger partial charge on any atom is -0.264 e. The van der Waals surface area contributed by atoms with Gasteiger partial charge in [0.05, 0.1) is 0 Å². The first-order valence-corrected chi connectivity index (χ1v) is 7.25. The molecule has 0 amide bonds. The van der Waals surface area contributed by atoms with Crippen molar-refractivity contribution in [2.75, 3.05) is 6.54 Å². The van der Waals surface area contributed by atoms with E-state index in [9.17, 15) is 0 Å². The van der Waals surface area contributed by atoms with E-state index in [2.05, 4.69) is 38.1 Å². The summed E-state index contributed by atoms with van der Waals surface area (Å²) >= 11 is 1.59. The molecule has 1 aliphatic rings. The molecule has 102 valence electrons. The summed E-state index contributed by atoms with van der Waals surface area (Å²) in [4.78, 5) is 4.94. The standard InChI is InChI=1S/C12H13N7S/c1-7-9(6-14-15-7)11-18-19-10(16-17-12(19)20-11)8-3-2-4-13-5-8/h2-5,7,9,14-15H,6H2,1H3. The zero-order valence-electron chi connectivity index (χ0n) is 10.8. The monoisotopic (exact) mass is 287 g/mol. The largest absolute Gasteiger partial charge is 0.264 e. The van der Waals surface area contributed by atoms with Crippen LogP contribution in [0.2, 0.25) is 0 Å². The van der Waals surface area contributed by atoms with E-state index < -0.39 is 0 Å². The number of pyridine rings is 1. The summed E-state index contributed by atoms with van der Waals surface area (Å²) in [7, 11) is 0. The lowest BCUT2D eigenvalue weighted by molar-refractivity contribution is 0.566. The Bertz CT molecular complexity index is 735. The fourth-order valence-electron chi connectivity index (χ4n) is 2.37. The lowest BCUT2D eigenvalue weighted by atomic mass is 10.1. The summed E-state index contributed by atoms with van der Waals surface area (Å²) in [6.45, 7) is 3.03. The van der Waals surface area contributed by atoms with Gasteiger partial charge < -0.3 is 0 Å². The van der Waals surface area contributed by atoms with Crippen LogP contribution in [0, 0.1) is 0 Å². The molecule has 3 aromatic heterocycles. The van der Waals surface area contributed by atoms with E-state index in [-0.39, 0.29) is 0 Å². The molecule has 7 nitrogen and oxygen atoms in total. The number of fused-ring (bicyclic) bond motifs is 1. The predicted molar refractivity (Wildman–Crippen MR) is 75.2 cm³/mol. The Hall–Kier alpha value is -1.90. The molecular formula is C12H13N7S. The first-order valence-electron chi connectivity index (χ1n) is 6.44. The first-order chi connectivity index (χ1) is 9.83. The third-order valence-corrected chi connectivity index (χ3v) is 4.53. The summed E-state index contributed by atoms with van der Waals surface area (Å²) in [5.41, 5.74) is 7.30. The quantitative estimate of drug-likeness (QED) is 0.726. The van der Waals surface area contributed by atoms with Crippen molar-refractivity contribution in [3.8, 4) is 11.4 Å². The number of hydrogen-bond donors (Lipinski definition) is 2. The number of nitrogens with one attached hydrogen (secondary N) is 2. The molecule has 2 atom stereocenters. The molecule has 1 aliphatic heterocycles. The van der Waals surface area contributed by atoms with Crippen molar-refractivity contribution < 1.29 is 0 Å². The molecule has 20 heavy (non-hydrogen) atoms. The zero-order valence-corrected chi connectivity index (χ0v) is 11.6. The van der Waals surface area contributed by atoms with Gasteiger partial charge in [-0.15, -0.1) is 10.2 Å². The van der Waals surface area contributed by atoms with E-state index in [1.54, 1.807) is 23.7 Å². The Balaban J connectivity index is 1.79. The molecule has 0 bridgehead atoms. The van der Waals surface area contributed by atoms with Gasteiger partial charge in [-0.2, -0.15) is 9.61 Å². The fraction of sp³-hybridized carbons (Fsp3) is 0.333. The van der Waals surface area contributed by atoms with Crippen LogP contribution in [0.3, 0.4) is 0 Å². The maximum absolute atomic E-state index is 4.68. The van der Waals surface area contributed by atoms with Gasteiger partial charge in [-0.1, -0.05) is 11.3 Å². The van der Waals surface area contributed by atoms with Crippen LogP contribution in [0.4, 0.5) is 0 Å². The molecule has 1 saturated heterocycles. The van der Waals surface area contributed by atoms with Gasteiger partial charge in [-0.05, 0) is 19.1 Å². The van der Waals surface area contributed by atoms with E-state index in [0.717, 1.165) is 27.9 Å². The Morgan fingerprint density at radius 2 is 2.35 bits per heavy atom. The Morgan fingerprint density at radius 1 is 1.40 bits per heavy atom. The second-order valence-electron chi connectivity index (χ2n) is 4.82. The minimum absolute atomic E-state index is 0.362. The highest BCUT2D eigenvalue weighted by Gasteiger charge is 2.28. The Kier molecular flexibility index (Phi) is 2.72. The summed E-state index contributed by atoms with van der Waals surface area (Å²) in [6.07, 6.45) is 3.52. The van der Waals surface area contributed by atoms with Gasteiger partial charge in [0.2, 0.25) is 4.96 Å². The van der Waals surface area contributed by atoms with Gasteiger partial charge in [0.15, 0.2) is 5.82 Å². The summed E-state index contributed by atoms with van der Waals surface area (Å²) in [5, 5.41) is 14.2. The first kappa shape index (κ1) is 11.9.